The summed E-state index contributed by atoms with van der Waals surface area (Å²) in [7, 11) is 0. The third-order valence-electron chi connectivity index (χ3n) is 6.71. The van der Waals surface area contributed by atoms with Crippen LogP contribution in [0.2, 0.25) is 0 Å². The van der Waals surface area contributed by atoms with Crippen LogP contribution in [0.5, 0.6) is 0 Å². The van der Waals surface area contributed by atoms with E-state index >= 15 is 0 Å². The summed E-state index contributed by atoms with van der Waals surface area (Å²) >= 11 is 9.53. The van der Waals surface area contributed by atoms with E-state index in [1.807, 2.05) is 12.3 Å². The van der Waals surface area contributed by atoms with E-state index in [-0.39, 0.29) is 12.1 Å². The van der Waals surface area contributed by atoms with Crippen LogP contribution in [0.1, 0.15) is 60.4 Å². The number of nitrogens with one attached hydrogen (secondary N) is 1. The van der Waals surface area contributed by atoms with E-state index in [4.69, 9.17) is 17.2 Å². The van der Waals surface area contributed by atoms with E-state index in [1.54, 1.807) is 0 Å². The number of hydrogen-bond acceptors (Lipinski definition) is 2. The van der Waals surface area contributed by atoms with Gasteiger partial charge in [0.2, 0.25) is 0 Å². The minimum atomic E-state index is 0.0470. The number of pyridine rings is 1. The quantitative estimate of drug-likeness (QED) is 0.439. The number of thiocarbonyl (C=S) groups is 1. The van der Waals surface area contributed by atoms with Gasteiger partial charge in [0.25, 0.3) is 0 Å². The summed E-state index contributed by atoms with van der Waals surface area (Å²) in [5.41, 5.74) is 6.03. The number of hydrogen-bond donors (Lipinski definition) is 1. The van der Waals surface area contributed by atoms with Crippen molar-refractivity contribution in [1.82, 2.24) is 19.8 Å². The van der Waals surface area contributed by atoms with E-state index in [2.05, 4.69) is 87.0 Å². The molecule has 0 amide bonds. The molecule has 3 heterocycles. The zero-order valence-corrected chi connectivity index (χ0v) is 20.3. The van der Waals surface area contributed by atoms with Gasteiger partial charge in [-0.3, -0.25) is 4.98 Å². The molecule has 1 N–H and O–H groups in total. The van der Waals surface area contributed by atoms with Crippen molar-refractivity contribution in [1.29, 1.82) is 0 Å². The van der Waals surface area contributed by atoms with Gasteiger partial charge in [-0.15, -0.1) is 0 Å². The second kappa shape index (κ2) is 8.40. The Kier molecular flexibility index (Phi) is 5.61. The van der Waals surface area contributed by atoms with Gasteiger partial charge in [0, 0.05) is 33.8 Å². The maximum Gasteiger partial charge on any atom is 0.170 e. The smallest absolute Gasteiger partial charge is 0.170 e. The first kappa shape index (κ1) is 20.7. The molecule has 1 aromatic carbocycles. The summed E-state index contributed by atoms with van der Waals surface area (Å²) in [5.74, 6) is 0. The lowest BCUT2D eigenvalue weighted by atomic mass is 9.95. The highest BCUT2D eigenvalue weighted by molar-refractivity contribution is 9.10. The predicted molar refractivity (Wildman–Crippen MR) is 132 cm³/mol. The summed E-state index contributed by atoms with van der Waals surface area (Å²) in [6.45, 7) is 4.42. The van der Waals surface area contributed by atoms with Gasteiger partial charge < -0.3 is 14.8 Å². The van der Waals surface area contributed by atoms with Gasteiger partial charge >= 0.3 is 0 Å². The van der Waals surface area contributed by atoms with Crippen molar-refractivity contribution in [2.24, 2.45) is 0 Å². The molecule has 31 heavy (non-hydrogen) atoms. The van der Waals surface area contributed by atoms with E-state index in [1.165, 1.54) is 48.3 Å². The second-order valence-corrected chi connectivity index (χ2v) is 9.92. The van der Waals surface area contributed by atoms with Crippen LogP contribution in [-0.4, -0.2) is 25.6 Å². The summed E-state index contributed by atoms with van der Waals surface area (Å²) in [4.78, 5) is 7.18. The lowest BCUT2D eigenvalue weighted by Gasteiger charge is -2.33. The minimum Gasteiger partial charge on any atom is -0.352 e. The molecule has 1 saturated heterocycles. The molecule has 1 saturated carbocycles. The molecule has 6 heteroatoms. The van der Waals surface area contributed by atoms with Crippen molar-refractivity contribution in [2.75, 3.05) is 0 Å². The molecule has 2 aliphatic rings. The van der Waals surface area contributed by atoms with Gasteiger partial charge in [0.1, 0.15) is 0 Å². The average Bonchev–Trinajstić information content (AvgIpc) is 3.46. The molecule has 0 radical (unpaired) electrons. The average molecular weight is 495 g/mol. The highest BCUT2D eigenvalue weighted by Gasteiger charge is 2.44. The molecule has 2 atom stereocenters. The van der Waals surface area contributed by atoms with Crippen LogP contribution in [0.25, 0.3) is 5.69 Å². The second-order valence-electron chi connectivity index (χ2n) is 8.61. The van der Waals surface area contributed by atoms with Gasteiger partial charge in [-0.25, -0.2) is 0 Å². The van der Waals surface area contributed by atoms with Gasteiger partial charge in [0.15, 0.2) is 5.11 Å². The Morgan fingerprint density at radius 1 is 1.06 bits per heavy atom. The zero-order valence-electron chi connectivity index (χ0n) is 17.9. The van der Waals surface area contributed by atoms with Gasteiger partial charge in [0.05, 0.1) is 17.8 Å². The van der Waals surface area contributed by atoms with Crippen LogP contribution in [-0.2, 0) is 0 Å². The van der Waals surface area contributed by atoms with Crippen LogP contribution in [0.15, 0.2) is 59.2 Å². The van der Waals surface area contributed by atoms with Crippen LogP contribution in [0, 0.1) is 13.8 Å². The monoisotopic (exact) mass is 494 g/mol. The lowest BCUT2D eigenvalue weighted by molar-refractivity contribution is 0.245. The van der Waals surface area contributed by atoms with Crippen molar-refractivity contribution < 1.29 is 0 Å². The third-order valence-corrected chi connectivity index (χ3v) is 7.53. The molecule has 1 aliphatic carbocycles. The molecular formula is C25H27BrN4S. The molecule has 160 valence electrons. The Bertz CT molecular complexity index is 1100. The standard InChI is InChI=1S/C25H27BrN4S/c1-16-14-21(17(2)29(16)20-11-7-8-18(26)15-20)24-23(22-12-5-6-13-27-22)28-25(31)30(24)19-9-3-4-10-19/h5-8,11-15,19,23-24H,3-4,9-10H2,1-2H3,(H,28,31)/t23-,24-/m0/s1. The molecule has 3 aromatic rings. The van der Waals surface area contributed by atoms with Crippen molar-refractivity contribution in [3.05, 3.63) is 81.8 Å². The first-order chi connectivity index (χ1) is 15.0. The Balaban J connectivity index is 1.64. The largest absolute Gasteiger partial charge is 0.352 e. The van der Waals surface area contributed by atoms with E-state index < -0.39 is 0 Å². The van der Waals surface area contributed by atoms with Crippen LogP contribution in [0.4, 0.5) is 0 Å². The maximum atomic E-state index is 5.90. The fourth-order valence-corrected chi connectivity index (χ4v) is 6.15. The van der Waals surface area contributed by atoms with Crippen molar-refractivity contribution in [3.63, 3.8) is 0 Å². The normalized spacial score (nSPS) is 21.6. The molecule has 2 aromatic heterocycles. The molecule has 4 nitrogen and oxygen atoms in total. The number of benzene rings is 1. The first-order valence-corrected chi connectivity index (χ1v) is 12.2. The maximum absolute atomic E-state index is 5.90. The number of aryl methyl sites for hydroxylation is 1. The lowest BCUT2D eigenvalue weighted by Crippen LogP contribution is -2.37. The highest BCUT2D eigenvalue weighted by Crippen LogP contribution is 2.44. The van der Waals surface area contributed by atoms with Crippen molar-refractivity contribution >= 4 is 33.3 Å². The van der Waals surface area contributed by atoms with Gasteiger partial charge in [-0.2, -0.15) is 0 Å². The Morgan fingerprint density at radius 3 is 2.58 bits per heavy atom. The Labute approximate surface area is 197 Å². The molecule has 0 spiro atoms. The summed E-state index contributed by atoms with van der Waals surface area (Å²) < 4.78 is 3.44. The number of nitrogens with zero attached hydrogens (tertiary/aromatic N) is 3. The molecule has 0 bridgehead atoms. The first-order valence-electron chi connectivity index (χ1n) is 11.0. The fraction of sp³-hybridized carbons (Fsp3) is 0.360. The molecule has 1 aliphatic heterocycles. The molecule has 5 rings (SSSR count). The van der Waals surface area contributed by atoms with Crippen molar-refractivity contribution in [2.45, 2.75) is 57.7 Å². The molecule has 2 fully saturated rings. The van der Waals surface area contributed by atoms with Gasteiger partial charge in [-0.1, -0.05) is 40.9 Å². The topological polar surface area (TPSA) is 33.1 Å². The van der Waals surface area contributed by atoms with Crippen LogP contribution < -0.4 is 5.32 Å². The summed E-state index contributed by atoms with van der Waals surface area (Å²) in [6, 6.07) is 17.7. The predicted octanol–water partition coefficient (Wildman–Crippen LogP) is 6.17. The Hall–Kier alpha value is -2.18. The highest BCUT2D eigenvalue weighted by atomic mass is 79.9. The summed E-state index contributed by atoms with van der Waals surface area (Å²) in [6.07, 6.45) is 6.85. The summed E-state index contributed by atoms with van der Waals surface area (Å²) in [5, 5.41) is 4.49. The molecule has 0 unspecified atom stereocenters. The molecular weight excluding hydrogens is 468 g/mol. The van der Waals surface area contributed by atoms with Crippen LogP contribution in [0.3, 0.4) is 0 Å². The van der Waals surface area contributed by atoms with E-state index in [9.17, 15) is 0 Å². The number of halogens is 1. The van der Waals surface area contributed by atoms with Crippen molar-refractivity contribution in [3.8, 4) is 5.69 Å². The van der Waals surface area contributed by atoms with E-state index in [0.29, 0.717) is 6.04 Å². The minimum absolute atomic E-state index is 0.0470. The zero-order chi connectivity index (χ0) is 21.5. The number of rotatable bonds is 4. The Morgan fingerprint density at radius 2 is 1.87 bits per heavy atom. The van der Waals surface area contributed by atoms with E-state index in [0.717, 1.165) is 15.3 Å². The van der Waals surface area contributed by atoms with Crippen LogP contribution >= 0.6 is 28.1 Å². The fourth-order valence-electron chi connectivity index (χ4n) is 5.37. The SMILES string of the molecule is Cc1cc([C@H]2[C@H](c3ccccn3)NC(=S)N2C2CCCC2)c(C)n1-c1cccc(Br)c1. The number of aromatic nitrogens is 2. The van der Waals surface area contributed by atoms with Gasteiger partial charge in [-0.05, 0) is 80.9 Å². The third kappa shape index (κ3) is 3.70.